The van der Waals surface area contributed by atoms with Crippen LogP contribution in [0.2, 0.25) is 0 Å². The third-order valence-corrected chi connectivity index (χ3v) is 6.60. The van der Waals surface area contributed by atoms with Gasteiger partial charge in [-0.25, -0.2) is 4.39 Å². The first-order valence-corrected chi connectivity index (χ1v) is 12.0. The molecule has 1 aromatic carbocycles. The Morgan fingerprint density at radius 2 is 1.94 bits per heavy atom. The van der Waals surface area contributed by atoms with Crippen LogP contribution < -0.4 is 10.9 Å². The van der Waals surface area contributed by atoms with E-state index in [1.165, 1.54) is 12.1 Å². The third-order valence-electron chi connectivity index (χ3n) is 6.60. The summed E-state index contributed by atoms with van der Waals surface area (Å²) in [5, 5.41) is 13.6. The number of benzene rings is 1. The van der Waals surface area contributed by atoms with Gasteiger partial charge in [-0.2, -0.15) is 0 Å². The molecule has 2 aromatic heterocycles. The molecule has 3 aromatic rings. The Kier molecular flexibility index (Phi) is 6.23. The molecule has 0 spiro atoms. The predicted octanol–water partition coefficient (Wildman–Crippen LogP) is 2.91. The molecule has 8 nitrogen and oxygen atoms in total. The number of halogens is 1. The van der Waals surface area contributed by atoms with Gasteiger partial charge in [-0.3, -0.25) is 19.4 Å². The summed E-state index contributed by atoms with van der Waals surface area (Å²) >= 11 is 0. The molecule has 2 amide bonds. The molecule has 2 N–H and O–H groups in total. The number of fused-ring (bicyclic) bond motifs is 1. The maximum Gasteiger partial charge on any atom is 0.268 e. The van der Waals surface area contributed by atoms with E-state index in [2.05, 4.69) is 10.3 Å². The molecule has 1 aliphatic carbocycles. The highest BCUT2D eigenvalue weighted by Gasteiger charge is 2.31. The quantitative estimate of drug-likeness (QED) is 0.485. The van der Waals surface area contributed by atoms with Gasteiger partial charge in [0.05, 0.1) is 5.52 Å². The molecule has 1 saturated heterocycles. The fourth-order valence-corrected chi connectivity index (χ4v) is 4.65. The molecule has 0 unspecified atom stereocenters. The summed E-state index contributed by atoms with van der Waals surface area (Å²) in [6.45, 7) is 1.57. The normalized spacial score (nSPS) is 15.7. The SMILES string of the molecule is O=C(NCCCN1CCCC1=O)c1c(O)c2ncc(Cc3ccc(F)cc3)cc2n(C2CC2)c1=O. The first kappa shape index (κ1) is 23.0. The van der Waals surface area contributed by atoms with E-state index in [4.69, 9.17) is 0 Å². The molecule has 0 bridgehead atoms. The lowest BCUT2D eigenvalue weighted by atomic mass is 10.1. The van der Waals surface area contributed by atoms with Gasteiger partial charge in [-0.15, -0.1) is 0 Å². The number of nitrogens with zero attached hydrogens (tertiary/aromatic N) is 3. The first-order chi connectivity index (χ1) is 16.9. The van der Waals surface area contributed by atoms with E-state index in [-0.39, 0.29) is 35.4 Å². The van der Waals surface area contributed by atoms with Crippen molar-refractivity contribution in [1.82, 2.24) is 19.8 Å². The third kappa shape index (κ3) is 4.76. The Balaban J connectivity index is 1.39. The molecule has 2 aliphatic rings. The van der Waals surface area contributed by atoms with E-state index in [0.717, 1.165) is 36.9 Å². The molecule has 3 heterocycles. The zero-order chi connectivity index (χ0) is 24.5. The number of rotatable bonds is 8. The van der Waals surface area contributed by atoms with Gasteiger partial charge < -0.3 is 19.9 Å². The molecule has 35 heavy (non-hydrogen) atoms. The summed E-state index contributed by atoms with van der Waals surface area (Å²) in [5.41, 5.74) is 1.55. The van der Waals surface area contributed by atoms with Crippen molar-refractivity contribution >= 4 is 22.8 Å². The standard InChI is InChI=1S/C26H27FN4O4/c27-18-6-4-16(5-7-18)13-17-14-20-23(29-15-17)24(33)22(26(35)31(20)19-8-9-19)25(34)28-10-2-12-30-11-1-3-21(30)32/h4-7,14-15,19,33H,1-3,8-13H2,(H,28,34). The second kappa shape index (κ2) is 9.48. The number of hydrogen-bond donors (Lipinski definition) is 2. The van der Waals surface area contributed by atoms with Crippen LogP contribution in [0.1, 0.15) is 59.6 Å². The second-order valence-corrected chi connectivity index (χ2v) is 9.24. The molecule has 2 fully saturated rings. The van der Waals surface area contributed by atoms with Crippen LogP contribution in [0.5, 0.6) is 5.75 Å². The van der Waals surface area contributed by atoms with Crippen LogP contribution in [-0.4, -0.2) is 51.0 Å². The van der Waals surface area contributed by atoms with Crippen LogP contribution in [0.15, 0.2) is 41.3 Å². The fraction of sp³-hybridized carbons (Fsp3) is 0.385. The topological polar surface area (TPSA) is 105 Å². The fourth-order valence-electron chi connectivity index (χ4n) is 4.65. The number of likely N-dealkylation sites (tertiary alicyclic amines) is 1. The Hall–Kier alpha value is -3.75. The summed E-state index contributed by atoms with van der Waals surface area (Å²) < 4.78 is 14.8. The van der Waals surface area contributed by atoms with Crippen LogP contribution in [-0.2, 0) is 11.2 Å². The first-order valence-electron chi connectivity index (χ1n) is 12.0. The van der Waals surface area contributed by atoms with Crippen LogP contribution >= 0.6 is 0 Å². The molecule has 0 atom stereocenters. The van der Waals surface area contributed by atoms with Gasteiger partial charge in [0.1, 0.15) is 16.9 Å². The second-order valence-electron chi connectivity index (χ2n) is 9.24. The van der Waals surface area contributed by atoms with Crippen molar-refractivity contribution in [3.05, 3.63) is 69.4 Å². The molecular weight excluding hydrogens is 451 g/mol. The number of hydrogen-bond acceptors (Lipinski definition) is 5. The molecule has 182 valence electrons. The number of aromatic hydroxyl groups is 1. The minimum absolute atomic E-state index is 0.0406. The smallest absolute Gasteiger partial charge is 0.268 e. The summed E-state index contributed by atoms with van der Waals surface area (Å²) in [4.78, 5) is 44.1. The summed E-state index contributed by atoms with van der Waals surface area (Å²) in [6, 6.07) is 7.93. The lowest BCUT2D eigenvalue weighted by molar-refractivity contribution is -0.127. The highest BCUT2D eigenvalue weighted by Crippen LogP contribution is 2.38. The maximum absolute atomic E-state index is 13.3. The molecule has 1 aliphatic heterocycles. The lowest BCUT2D eigenvalue weighted by Gasteiger charge is -2.16. The Morgan fingerprint density at radius 3 is 2.63 bits per heavy atom. The van der Waals surface area contributed by atoms with Crippen LogP contribution in [0.3, 0.4) is 0 Å². The van der Waals surface area contributed by atoms with E-state index >= 15 is 0 Å². The maximum atomic E-state index is 13.3. The number of nitrogens with one attached hydrogen (secondary N) is 1. The van der Waals surface area contributed by atoms with Crippen molar-refractivity contribution in [3.8, 4) is 5.75 Å². The number of carbonyl (C=O) groups excluding carboxylic acids is 2. The van der Waals surface area contributed by atoms with E-state index in [1.807, 2.05) is 0 Å². The van der Waals surface area contributed by atoms with Crippen LogP contribution in [0.4, 0.5) is 4.39 Å². The average molecular weight is 479 g/mol. The molecule has 9 heteroatoms. The largest absolute Gasteiger partial charge is 0.505 e. The van der Waals surface area contributed by atoms with Gasteiger partial charge in [0.25, 0.3) is 11.5 Å². The van der Waals surface area contributed by atoms with Crippen molar-refractivity contribution in [1.29, 1.82) is 0 Å². The minimum atomic E-state index is -0.645. The average Bonchev–Trinajstić information content (AvgIpc) is 3.59. The molecule has 1 saturated carbocycles. The Labute approximate surface area is 201 Å². The summed E-state index contributed by atoms with van der Waals surface area (Å²) in [5.74, 6) is -1.26. The van der Waals surface area contributed by atoms with E-state index in [1.54, 1.807) is 33.9 Å². The van der Waals surface area contributed by atoms with Gasteiger partial charge >= 0.3 is 0 Å². The zero-order valence-electron chi connectivity index (χ0n) is 19.3. The van der Waals surface area contributed by atoms with Crippen molar-refractivity contribution in [3.63, 3.8) is 0 Å². The van der Waals surface area contributed by atoms with E-state index < -0.39 is 17.2 Å². The van der Waals surface area contributed by atoms with Crippen molar-refractivity contribution in [2.75, 3.05) is 19.6 Å². The molecular formula is C26H27FN4O4. The zero-order valence-corrected chi connectivity index (χ0v) is 19.3. The number of aromatic nitrogens is 2. The van der Waals surface area contributed by atoms with E-state index in [9.17, 15) is 23.9 Å². The number of pyridine rings is 2. The lowest BCUT2D eigenvalue weighted by Crippen LogP contribution is -2.35. The van der Waals surface area contributed by atoms with Gasteiger partial charge in [0, 0.05) is 38.3 Å². The molecule has 0 radical (unpaired) electrons. The van der Waals surface area contributed by atoms with Crippen LogP contribution in [0.25, 0.3) is 11.0 Å². The van der Waals surface area contributed by atoms with Crippen LogP contribution in [0, 0.1) is 5.82 Å². The van der Waals surface area contributed by atoms with Gasteiger partial charge in [-0.05, 0) is 61.4 Å². The van der Waals surface area contributed by atoms with Gasteiger partial charge in [0.2, 0.25) is 5.91 Å². The monoisotopic (exact) mass is 478 g/mol. The Morgan fingerprint density at radius 1 is 1.17 bits per heavy atom. The summed E-state index contributed by atoms with van der Waals surface area (Å²) in [7, 11) is 0. The number of amides is 2. The molecule has 5 rings (SSSR count). The van der Waals surface area contributed by atoms with Crippen molar-refractivity contribution in [2.45, 2.75) is 44.6 Å². The predicted molar refractivity (Wildman–Crippen MR) is 128 cm³/mol. The van der Waals surface area contributed by atoms with Crippen molar-refractivity contribution in [2.24, 2.45) is 0 Å². The Bertz CT molecular complexity index is 1350. The number of carbonyl (C=O) groups is 2. The summed E-state index contributed by atoms with van der Waals surface area (Å²) in [6.07, 6.45) is 5.70. The highest BCUT2D eigenvalue weighted by atomic mass is 19.1. The van der Waals surface area contributed by atoms with Gasteiger partial charge in [-0.1, -0.05) is 12.1 Å². The van der Waals surface area contributed by atoms with E-state index in [0.29, 0.717) is 31.3 Å². The highest BCUT2D eigenvalue weighted by molar-refractivity contribution is 6.01. The van der Waals surface area contributed by atoms with Crippen molar-refractivity contribution < 1.29 is 19.1 Å². The van der Waals surface area contributed by atoms with Gasteiger partial charge in [0.15, 0.2) is 5.75 Å². The minimum Gasteiger partial charge on any atom is -0.505 e.